The van der Waals surface area contributed by atoms with Gasteiger partial charge in [0.1, 0.15) is 17.1 Å². The Hall–Kier alpha value is -3.59. The zero-order chi connectivity index (χ0) is 18.6. The average Bonchev–Trinajstić information content (AvgIpc) is 2.70. The molecule has 3 nitrogen and oxygen atoms in total. The molecular formula is C24H18O3. The fraction of sp³-hybridized carbons (Fsp3) is 0.0417. The minimum absolute atomic E-state index is 0.0467. The predicted molar refractivity (Wildman–Crippen MR) is 107 cm³/mol. The van der Waals surface area contributed by atoms with Crippen molar-refractivity contribution in [2.75, 3.05) is 0 Å². The molecule has 0 fully saturated rings. The molecule has 0 radical (unpaired) electrons. The summed E-state index contributed by atoms with van der Waals surface area (Å²) in [5.41, 5.74) is 2.65. The molecule has 0 unspecified atom stereocenters. The van der Waals surface area contributed by atoms with Crippen molar-refractivity contribution in [3.05, 3.63) is 113 Å². The van der Waals surface area contributed by atoms with Crippen LogP contribution < -0.4 is 5.63 Å². The molecule has 0 aliphatic rings. The fourth-order valence-electron chi connectivity index (χ4n) is 3.24. The molecule has 0 saturated carbocycles. The van der Waals surface area contributed by atoms with Gasteiger partial charge < -0.3 is 9.52 Å². The van der Waals surface area contributed by atoms with Gasteiger partial charge in [-0.15, -0.1) is 0 Å². The van der Waals surface area contributed by atoms with Crippen molar-refractivity contribution in [1.82, 2.24) is 0 Å². The first kappa shape index (κ1) is 16.9. The van der Waals surface area contributed by atoms with Crippen LogP contribution in [0.15, 0.2) is 100 Å². The number of benzene rings is 3. The Balaban J connectivity index is 1.95. The Morgan fingerprint density at radius 1 is 0.667 bits per heavy atom. The van der Waals surface area contributed by atoms with E-state index in [2.05, 4.69) is 0 Å². The van der Waals surface area contributed by atoms with Crippen molar-refractivity contribution < 1.29 is 9.52 Å². The molecule has 0 amide bonds. The monoisotopic (exact) mass is 354 g/mol. The van der Waals surface area contributed by atoms with Crippen LogP contribution in [0.1, 0.15) is 11.3 Å². The second kappa shape index (κ2) is 7.34. The summed E-state index contributed by atoms with van der Waals surface area (Å²) in [6.07, 6.45) is 0.420. The third kappa shape index (κ3) is 3.40. The maximum absolute atomic E-state index is 12.7. The van der Waals surface area contributed by atoms with Gasteiger partial charge in [-0.05, 0) is 16.7 Å². The van der Waals surface area contributed by atoms with E-state index in [-0.39, 0.29) is 11.3 Å². The van der Waals surface area contributed by atoms with E-state index in [0.29, 0.717) is 23.3 Å². The average molecular weight is 354 g/mol. The summed E-state index contributed by atoms with van der Waals surface area (Å²) in [7, 11) is 0. The first-order valence-electron chi connectivity index (χ1n) is 8.78. The SMILES string of the molecule is O=c1oc(Cc2ccccc2)c(-c2ccccc2)c(O)c1-c1ccccc1. The molecule has 132 valence electrons. The first-order valence-corrected chi connectivity index (χ1v) is 8.78. The summed E-state index contributed by atoms with van der Waals surface area (Å²) in [6.45, 7) is 0. The summed E-state index contributed by atoms with van der Waals surface area (Å²) in [5.74, 6) is 0.407. The van der Waals surface area contributed by atoms with Gasteiger partial charge in [0.05, 0.1) is 5.56 Å². The van der Waals surface area contributed by atoms with Crippen LogP contribution in [0.3, 0.4) is 0 Å². The molecule has 1 aromatic heterocycles. The topological polar surface area (TPSA) is 50.4 Å². The van der Waals surface area contributed by atoms with Crippen LogP contribution in [-0.4, -0.2) is 5.11 Å². The Morgan fingerprint density at radius 3 is 1.70 bits per heavy atom. The van der Waals surface area contributed by atoms with Crippen LogP contribution in [0, 0.1) is 0 Å². The Labute approximate surface area is 157 Å². The lowest BCUT2D eigenvalue weighted by Gasteiger charge is -2.14. The summed E-state index contributed by atoms with van der Waals surface area (Å²) >= 11 is 0. The van der Waals surface area contributed by atoms with Crippen LogP contribution in [0.25, 0.3) is 22.3 Å². The Kier molecular flexibility index (Phi) is 4.58. The highest BCUT2D eigenvalue weighted by Crippen LogP contribution is 2.39. The Bertz CT molecular complexity index is 1100. The number of hydrogen-bond donors (Lipinski definition) is 1. The minimum Gasteiger partial charge on any atom is -0.506 e. The van der Waals surface area contributed by atoms with Crippen molar-refractivity contribution in [2.45, 2.75) is 6.42 Å². The molecule has 0 aliphatic carbocycles. The lowest BCUT2D eigenvalue weighted by Crippen LogP contribution is -2.08. The molecule has 0 saturated heterocycles. The van der Waals surface area contributed by atoms with E-state index < -0.39 is 5.63 Å². The molecule has 4 aromatic rings. The van der Waals surface area contributed by atoms with E-state index in [4.69, 9.17) is 4.42 Å². The predicted octanol–water partition coefficient (Wildman–Crippen LogP) is 5.27. The largest absolute Gasteiger partial charge is 0.506 e. The van der Waals surface area contributed by atoms with Crippen LogP contribution in [-0.2, 0) is 6.42 Å². The van der Waals surface area contributed by atoms with Gasteiger partial charge in [0.2, 0.25) is 0 Å². The van der Waals surface area contributed by atoms with Crippen LogP contribution in [0.2, 0.25) is 0 Å². The van der Waals surface area contributed by atoms with Crippen molar-refractivity contribution >= 4 is 0 Å². The molecular weight excluding hydrogens is 336 g/mol. The molecule has 0 aliphatic heterocycles. The van der Waals surface area contributed by atoms with E-state index in [1.54, 1.807) is 12.1 Å². The molecule has 3 aromatic carbocycles. The highest BCUT2D eigenvalue weighted by Gasteiger charge is 2.21. The molecule has 27 heavy (non-hydrogen) atoms. The molecule has 0 bridgehead atoms. The van der Waals surface area contributed by atoms with E-state index >= 15 is 0 Å². The number of hydrogen-bond acceptors (Lipinski definition) is 3. The van der Waals surface area contributed by atoms with Gasteiger partial charge in [0.15, 0.2) is 0 Å². The highest BCUT2D eigenvalue weighted by molar-refractivity contribution is 5.82. The molecule has 4 rings (SSSR count). The van der Waals surface area contributed by atoms with E-state index in [1.165, 1.54) is 0 Å². The van der Waals surface area contributed by atoms with Gasteiger partial charge in [0.25, 0.3) is 0 Å². The quantitative estimate of drug-likeness (QED) is 0.543. The van der Waals surface area contributed by atoms with E-state index in [0.717, 1.165) is 11.1 Å². The number of rotatable bonds is 4. The minimum atomic E-state index is -0.538. The van der Waals surface area contributed by atoms with Crippen molar-refractivity contribution in [3.8, 4) is 28.0 Å². The zero-order valence-corrected chi connectivity index (χ0v) is 14.6. The smallest absolute Gasteiger partial charge is 0.347 e. The normalized spacial score (nSPS) is 10.7. The van der Waals surface area contributed by atoms with E-state index in [9.17, 15) is 9.90 Å². The van der Waals surface area contributed by atoms with Gasteiger partial charge in [-0.1, -0.05) is 91.0 Å². The molecule has 0 spiro atoms. The Morgan fingerprint density at radius 2 is 1.15 bits per heavy atom. The van der Waals surface area contributed by atoms with Gasteiger partial charge >= 0.3 is 5.63 Å². The van der Waals surface area contributed by atoms with E-state index in [1.807, 2.05) is 78.9 Å². The second-order valence-corrected chi connectivity index (χ2v) is 6.31. The summed E-state index contributed by atoms with van der Waals surface area (Å²) in [5, 5.41) is 11.1. The molecule has 1 heterocycles. The van der Waals surface area contributed by atoms with Crippen molar-refractivity contribution in [1.29, 1.82) is 0 Å². The standard InChI is InChI=1S/C24H18O3/c25-23-21(18-12-6-2-7-13-18)20(16-17-10-4-1-5-11-17)27-24(26)22(23)19-14-8-3-9-15-19/h1-15,25H,16H2. The zero-order valence-electron chi connectivity index (χ0n) is 14.6. The highest BCUT2D eigenvalue weighted by atomic mass is 16.4. The summed E-state index contributed by atoms with van der Waals surface area (Å²) in [4.78, 5) is 12.7. The maximum atomic E-state index is 12.7. The lowest BCUT2D eigenvalue weighted by atomic mass is 9.96. The maximum Gasteiger partial charge on any atom is 0.347 e. The summed E-state index contributed by atoms with van der Waals surface area (Å²) < 4.78 is 5.72. The third-order valence-electron chi connectivity index (χ3n) is 4.50. The second-order valence-electron chi connectivity index (χ2n) is 6.31. The fourth-order valence-corrected chi connectivity index (χ4v) is 3.24. The van der Waals surface area contributed by atoms with Crippen molar-refractivity contribution in [3.63, 3.8) is 0 Å². The summed E-state index contributed by atoms with van der Waals surface area (Å²) in [6, 6.07) is 28.4. The van der Waals surface area contributed by atoms with Gasteiger partial charge in [-0.2, -0.15) is 0 Å². The van der Waals surface area contributed by atoms with Gasteiger partial charge in [-0.3, -0.25) is 0 Å². The molecule has 0 atom stereocenters. The van der Waals surface area contributed by atoms with Gasteiger partial charge in [0, 0.05) is 6.42 Å². The third-order valence-corrected chi connectivity index (χ3v) is 4.50. The molecule has 1 N–H and O–H groups in total. The first-order chi connectivity index (χ1) is 13.2. The van der Waals surface area contributed by atoms with Crippen LogP contribution in [0.4, 0.5) is 0 Å². The van der Waals surface area contributed by atoms with Crippen molar-refractivity contribution in [2.24, 2.45) is 0 Å². The lowest BCUT2D eigenvalue weighted by molar-refractivity contribution is 0.436. The van der Waals surface area contributed by atoms with Crippen LogP contribution in [0.5, 0.6) is 5.75 Å². The van der Waals surface area contributed by atoms with Gasteiger partial charge in [-0.25, -0.2) is 4.79 Å². The number of aromatic hydroxyl groups is 1. The molecule has 3 heteroatoms. The van der Waals surface area contributed by atoms with Crippen LogP contribution >= 0.6 is 0 Å².